The molecule has 1 fully saturated rings. The molecule has 1 aromatic heterocycles. The number of esters is 1. The topological polar surface area (TPSA) is 131 Å². The van der Waals surface area contributed by atoms with Gasteiger partial charge in [0.2, 0.25) is 5.91 Å². The van der Waals surface area contributed by atoms with Gasteiger partial charge in [0.15, 0.2) is 5.82 Å². The summed E-state index contributed by atoms with van der Waals surface area (Å²) in [7, 11) is 0. The van der Waals surface area contributed by atoms with Crippen molar-refractivity contribution < 1.29 is 41.8 Å². The van der Waals surface area contributed by atoms with Crippen LogP contribution in [0.2, 0.25) is 0 Å². The van der Waals surface area contributed by atoms with Crippen LogP contribution in [0.3, 0.4) is 0 Å². The van der Waals surface area contributed by atoms with Gasteiger partial charge < -0.3 is 24.6 Å². The molecular formula is C28H34F3N5O6. The predicted octanol–water partition coefficient (Wildman–Crippen LogP) is 3.68. The lowest BCUT2D eigenvalue weighted by atomic mass is 10.1. The molecule has 2 aromatic rings. The van der Waals surface area contributed by atoms with Crippen molar-refractivity contribution in [1.29, 1.82) is 0 Å². The molecule has 228 valence electrons. The fourth-order valence-electron chi connectivity index (χ4n) is 4.11. The summed E-state index contributed by atoms with van der Waals surface area (Å²) in [6.07, 6.45) is -5.81. The number of hydrogen-bond donors (Lipinski definition) is 1. The molecule has 42 heavy (non-hydrogen) atoms. The lowest BCUT2D eigenvalue weighted by molar-refractivity contribution is -0.155. The number of carbonyl (C=O) groups is 4. The molecule has 0 saturated carbocycles. The molecule has 2 heterocycles. The van der Waals surface area contributed by atoms with Gasteiger partial charge in [0.05, 0.1) is 6.61 Å². The van der Waals surface area contributed by atoms with E-state index in [0.29, 0.717) is 6.07 Å². The first-order valence-corrected chi connectivity index (χ1v) is 13.4. The average molecular weight is 594 g/mol. The summed E-state index contributed by atoms with van der Waals surface area (Å²) >= 11 is 0. The molecule has 1 saturated heterocycles. The van der Waals surface area contributed by atoms with E-state index in [0.717, 1.165) is 0 Å². The zero-order valence-corrected chi connectivity index (χ0v) is 23.9. The minimum absolute atomic E-state index is 0.125. The third-order valence-corrected chi connectivity index (χ3v) is 6.06. The highest BCUT2D eigenvalue weighted by Crippen LogP contribution is 2.29. The summed E-state index contributed by atoms with van der Waals surface area (Å²) in [5.41, 5.74) is -2.45. The van der Waals surface area contributed by atoms with Crippen molar-refractivity contribution in [3.8, 4) is 11.4 Å². The van der Waals surface area contributed by atoms with E-state index in [2.05, 4.69) is 15.3 Å². The summed E-state index contributed by atoms with van der Waals surface area (Å²) in [5.74, 6) is -2.55. The molecule has 1 aliphatic heterocycles. The van der Waals surface area contributed by atoms with Crippen molar-refractivity contribution in [3.05, 3.63) is 47.8 Å². The van der Waals surface area contributed by atoms with Crippen LogP contribution in [0.15, 0.2) is 36.4 Å². The second kappa shape index (κ2) is 13.6. The van der Waals surface area contributed by atoms with E-state index in [-0.39, 0.29) is 57.0 Å². The number of piperazine rings is 1. The largest absolute Gasteiger partial charge is 0.460 e. The lowest BCUT2D eigenvalue weighted by Gasteiger charge is -2.36. The molecule has 1 N–H and O–H groups in total. The Labute approximate surface area is 241 Å². The summed E-state index contributed by atoms with van der Waals surface area (Å²) < 4.78 is 51.3. The maximum absolute atomic E-state index is 13.7. The lowest BCUT2D eigenvalue weighted by Crippen LogP contribution is -2.56. The van der Waals surface area contributed by atoms with E-state index in [1.807, 2.05) is 0 Å². The number of hydrogen-bond acceptors (Lipinski definition) is 8. The number of nitrogens with one attached hydrogen (secondary N) is 1. The number of amides is 3. The van der Waals surface area contributed by atoms with Gasteiger partial charge in [-0.3, -0.25) is 14.4 Å². The Balaban J connectivity index is 1.85. The summed E-state index contributed by atoms with van der Waals surface area (Å²) in [4.78, 5) is 61.6. The van der Waals surface area contributed by atoms with Crippen LogP contribution in [0, 0.1) is 0 Å². The molecule has 1 aliphatic rings. The molecule has 0 aliphatic carbocycles. The number of nitrogens with zero attached hydrogens (tertiary/aromatic N) is 4. The Hall–Kier alpha value is -4.23. The Kier molecular flexibility index (Phi) is 10.5. The van der Waals surface area contributed by atoms with Crippen molar-refractivity contribution in [2.45, 2.75) is 58.4 Å². The molecule has 11 nitrogen and oxygen atoms in total. The van der Waals surface area contributed by atoms with Crippen molar-refractivity contribution in [3.63, 3.8) is 0 Å². The van der Waals surface area contributed by atoms with E-state index < -0.39 is 53.1 Å². The van der Waals surface area contributed by atoms with Crippen molar-refractivity contribution in [1.82, 2.24) is 25.1 Å². The monoisotopic (exact) mass is 593 g/mol. The summed E-state index contributed by atoms with van der Waals surface area (Å²) in [6.45, 7) is 7.51. The Morgan fingerprint density at radius 1 is 0.976 bits per heavy atom. The van der Waals surface area contributed by atoms with E-state index >= 15 is 0 Å². The number of rotatable bonds is 8. The summed E-state index contributed by atoms with van der Waals surface area (Å²) in [5, 5.41) is 2.46. The first-order chi connectivity index (χ1) is 19.7. The van der Waals surface area contributed by atoms with E-state index in [1.54, 1.807) is 45.9 Å². The van der Waals surface area contributed by atoms with Gasteiger partial charge in [0, 0.05) is 44.2 Å². The molecule has 1 unspecified atom stereocenters. The highest BCUT2D eigenvalue weighted by atomic mass is 19.4. The fourth-order valence-corrected chi connectivity index (χ4v) is 4.11. The Morgan fingerprint density at radius 2 is 1.60 bits per heavy atom. The average Bonchev–Trinajstić information content (AvgIpc) is 2.93. The van der Waals surface area contributed by atoms with Crippen LogP contribution in [0.25, 0.3) is 11.4 Å². The number of ether oxygens (including phenoxy) is 2. The van der Waals surface area contributed by atoms with Gasteiger partial charge in [-0.05, 0) is 34.1 Å². The van der Waals surface area contributed by atoms with Crippen LogP contribution in [-0.4, -0.2) is 88.1 Å². The Bertz CT molecular complexity index is 1280. The zero-order valence-electron chi connectivity index (χ0n) is 23.9. The smallest absolute Gasteiger partial charge is 0.433 e. The molecular weight excluding hydrogens is 559 g/mol. The Morgan fingerprint density at radius 3 is 2.17 bits per heavy atom. The van der Waals surface area contributed by atoms with E-state index in [9.17, 15) is 32.3 Å². The normalized spacial score (nSPS) is 14.6. The molecule has 0 bridgehead atoms. The van der Waals surface area contributed by atoms with Gasteiger partial charge in [-0.1, -0.05) is 30.3 Å². The third kappa shape index (κ3) is 9.14. The standard InChI is InChI=1S/C28H34F3N5O6/c1-5-41-26(40)36-15-13-35(14-16-36)25(39)19(11-12-22(37)42-27(2,3)4)33-24(38)20-17-21(28(29,30)31)34-23(32-20)18-9-7-6-8-10-18/h6-10,17,19H,5,11-16H2,1-4H3,(H,33,38). The van der Waals surface area contributed by atoms with Crippen molar-refractivity contribution in [2.75, 3.05) is 32.8 Å². The number of carbonyl (C=O) groups excluding carboxylic acids is 4. The van der Waals surface area contributed by atoms with Crippen LogP contribution >= 0.6 is 0 Å². The van der Waals surface area contributed by atoms with Crippen molar-refractivity contribution >= 4 is 23.9 Å². The SMILES string of the molecule is CCOC(=O)N1CCN(C(=O)C(CCC(=O)OC(C)(C)C)NC(=O)c2cc(C(F)(F)F)nc(-c3ccccc3)n2)CC1. The van der Waals surface area contributed by atoms with Crippen LogP contribution < -0.4 is 5.32 Å². The second-order valence-electron chi connectivity index (χ2n) is 10.5. The number of benzene rings is 1. The molecule has 1 atom stereocenters. The quantitative estimate of drug-likeness (QED) is 0.459. The van der Waals surface area contributed by atoms with Gasteiger partial charge in [-0.2, -0.15) is 13.2 Å². The van der Waals surface area contributed by atoms with Gasteiger partial charge in [-0.15, -0.1) is 0 Å². The molecule has 1 aromatic carbocycles. The van der Waals surface area contributed by atoms with E-state index in [4.69, 9.17) is 9.47 Å². The molecule has 0 spiro atoms. The highest BCUT2D eigenvalue weighted by Gasteiger charge is 2.36. The zero-order chi connectivity index (χ0) is 31.1. The number of aromatic nitrogens is 2. The third-order valence-electron chi connectivity index (χ3n) is 6.06. The van der Waals surface area contributed by atoms with Gasteiger partial charge in [0.25, 0.3) is 5.91 Å². The first kappa shape index (κ1) is 32.3. The molecule has 0 radical (unpaired) electrons. The van der Waals surface area contributed by atoms with Crippen LogP contribution in [0.1, 0.15) is 56.7 Å². The summed E-state index contributed by atoms with van der Waals surface area (Å²) in [6, 6.07) is 7.06. The van der Waals surface area contributed by atoms with Gasteiger partial charge in [-0.25, -0.2) is 14.8 Å². The van der Waals surface area contributed by atoms with Crippen molar-refractivity contribution in [2.24, 2.45) is 0 Å². The first-order valence-electron chi connectivity index (χ1n) is 13.4. The molecule has 14 heteroatoms. The van der Waals surface area contributed by atoms with Gasteiger partial charge in [0.1, 0.15) is 23.0 Å². The van der Waals surface area contributed by atoms with Crippen LogP contribution in [-0.2, 0) is 25.2 Å². The second-order valence-corrected chi connectivity index (χ2v) is 10.5. The maximum atomic E-state index is 13.7. The maximum Gasteiger partial charge on any atom is 0.433 e. The van der Waals surface area contributed by atoms with E-state index in [1.165, 1.54) is 21.9 Å². The van der Waals surface area contributed by atoms with Crippen LogP contribution in [0.4, 0.5) is 18.0 Å². The van der Waals surface area contributed by atoms with Gasteiger partial charge >= 0.3 is 18.2 Å². The fraction of sp³-hybridized carbons (Fsp3) is 0.500. The minimum atomic E-state index is -4.87. The molecule has 3 rings (SSSR count). The highest BCUT2D eigenvalue weighted by molar-refractivity contribution is 5.96. The minimum Gasteiger partial charge on any atom is -0.460 e. The van der Waals surface area contributed by atoms with Crippen LogP contribution in [0.5, 0.6) is 0 Å². The predicted molar refractivity (Wildman–Crippen MR) is 144 cm³/mol. The number of halogens is 3. The number of alkyl halides is 3. The molecule has 3 amide bonds.